The third kappa shape index (κ3) is 3.39. The summed E-state index contributed by atoms with van der Waals surface area (Å²) in [6.45, 7) is 3.11. The minimum atomic E-state index is 0.566. The molecule has 1 aromatic rings. The van der Waals surface area contributed by atoms with Crippen LogP contribution < -0.4 is 10.1 Å². The highest BCUT2D eigenvalue weighted by Gasteiger charge is 2.21. The van der Waals surface area contributed by atoms with Gasteiger partial charge in [0, 0.05) is 23.2 Å². The van der Waals surface area contributed by atoms with E-state index in [1.807, 2.05) is 18.2 Å². The van der Waals surface area contributed by atoms with Crippen LogP contribution in [-0.4, -0.2) is 13.2 Å². The van der Waals surface area contributed by atoms with Crippen LogP contribution in [0.4, 0.5) is 0 Å². The third-order valence-corrected chi connectivity index (χ3v) is 4.20. The molecule has 18 heavy (non-hydrogen) atoms. The Bertz CT molecular complexity index is 388. The van der Waals surface area contributed by atoms with E-state index in [9.17, 15) is 0 Å². The predicted octanol–water partition coefficient (Wildman–Crippen LogP) is 4.02. The zero-order valence-corrected chi connectivity index (χ0v) is 12.0. The molecule has 0 bridgehead atoms. The number of rotatable bonds is 5. The summed E-state index contributed by atoms with van der Waals surface area (Å²) >= 11 is 6.03. The Hall–Kier alpha value is -0.730. The molecule has 3 heteroatoms. The van der Waals surface area contributed by atoms with E-state index in [2.05, 4.69) is 12.2 Å². The molecule has 100 valence electrons. The molecule has 0 amide bonds. The van der Waals surface area contributed by atoms with Gasteiger partial charge >= 0.3 is 0 Å². The molecule has 0 heterocycles. The van der Waals surface area contributed by atoms with Gasteiger partial charge in [-0.3, -0.25) is 0 Å². The molecule has 1 atom stereocenters. The summed E-state index contributed by atoms with van der Waals surface area (Å²) in [4.78, 5) is 0. The van der Waals surface area contributed by atoms with E-state index < -0.39 is 0 Å². The van der Waals surface area contributed by atoms with E-state index in [4.69, 9.17) is 16.3 Å². The smallest absolute Gasteiger partial charge is 0.123 e. The maximum Gasteiger partial charge on any atom is 0.123 e. The first kappa shape index (κ1) is 13.7. The van der Waals surface area contributed by atoms with Gasteiger partial charge < -0.3 is 10.1 Å². The number of nitrogens with one attached hydrogen (secondary N) is 1. The van der Waals surface area contributed by atoms with Crippen LogP contribution in [0.2, 0.25) is 5.02 Å². The Labute approximate surface area is 115 Å². The van der Waals surface area contributed by atoms with Crippen LogP contribution in [0, 0.1) is 5.92 Å². The van der Waals surface area contributed by atoms with Crippen molar-refractivity contribution in [3.63, 3.8) is 0 Å². The van der Waals surface area contributed by atoms with Crippen molar-refractivity contribution in [1.82, 2.24) is 5.32 Å². The maximum absolute atomic E-state index is 6.03. The van der Waals surface area contributed by atoms with Crippen molar-refractivity contribution < 1.29 is 4.74 Å². The van der Waals surface area contributed by atoms with Crippen molar-refractivity contribution in [3.05, 3.63) is 28.8 Å². The molecule has 1 unspecified atom stereocenters. The van der Waals surface area contributed by atoms with Gasteiger partial charge in [0.25, 0.3) is 0 Å². The zero-order valence-electron chi connectivity index (χ0n) is 11.2. The van der Waals surface area contributed by atoms with E-state index >= 15 is 0 Å². The van der Waals surface area contributed by atoms with Gasteiger partial charge in [0.1, 0.15) is 5.75 Å². The first-order valence-electron chi connectivity index (χ1n) is 6.76. The number of ether oxygens (including phenoxy) is 1. The molecule has 0 radical (unpaired) electrons. The van der Waals surface area contributed by atoms with Gasteiger partial charge in [-0.1, -0.05) is 24.4 Å². The highest BCUT2D eigenvalue weighted by atomic mass is 35.5. The molecule has 1 saturated carbocycles. The fraction of sp³-hybridized carbons (Fsp3) is 0.600. The van der Waals surface area contributed by atoms with Crippen molar-refractivity contribution >= 4 is 11.6 Å². The Morgan fingerprint density at radius 3 is 2.78 bits per heavy atom. The Kier molecular flexibility index (Phi) is 4.90. The standard InChI is InChI=1S/C15H22ClNO/c1-11(12-5-3-4-6-12)17-10-13-9-14(16)7-8-15(13)18-2/h7-9,11-12,17H,3-6,10H2,1-2H3. The molecule has 1 aliphatic carbocycles. The highest BCUT2D eigenvalue weighted by Crippen LogP contribution is 2.28. The molecular weight excluding hydrogens is 246 g/mol. The summed E-state index contributed by atoms with van der Waals surface area (Å²) in [7, 11) is 1.70. The molecule has 1 aromatic carbocycles. The van der Waals surface area contributed by atoms with Crippen molar-refractivity contribution in [2.45, 2.75) is 45.2 Å². The van der Waals surface area contributed by atoms with Crippen molar-refractivity contribution in [1.29, 1.82) is 0 Å². The molecule has 1 fully saturated rings. The first-order valence-corrected chi connectivity index (χ1v) is 7.14. The molecule has 0 saturated heterocycles. The summed E-state index contributed by atoms with van der Waals surface area (Å²) in [5, 5.41) is 4.37. The predicted molar refractivity (Wildman–Crippen MR) is 76.3 cm³/mol. The number of hydrogen-bond acceptors (Lipinski definition) is 2. The summed E-state index contributed by atoms with van der Waals surface area (Å²) in [6, 6.07) is 6.34. The molecule has 0 spiro atoms. The molecular formula is C15H22ClNO. The lowest BCUT2D eigenvalue weighted by atomic mass is 9.99. The van der Waals surface area contributed by atoms with Crippen molar-refractivity contribution in [2.24, 2.45) is 5.92 Å². The lowest BCUT2D eigenvalue weighted by Gasteiger charge is -2.21. The third-order valence-electron chi connectivity index (χ3n) is 3.96. The van der Waals surface area contributed by atoms with E-state index in [1.165, 1.54) is 25.7 Å². The summed E-state index contributed by atoms with van der Waals surface area (Å²) in [5.74, 6) is 1.74. The van der Waals surface area contributed by atoms with Gasteiger partial charge in [-0.15, -0.1) is 0 Å². The van der Waals surface area contributed by atoms with Crippen LogP contribution in [0.15, 0.2) is 18.2 Å². The summed E-state index contributed by atoms with van der Waals surface area (Å²) < 4.78 is 5.36. The average molecular weight is 268 g/mol. The summed E-state index contributed by atoms with van der Waals surface area (Å²) in [6.07, 6.45) is 5.50. The molecule has 2 rings (SSSR count). The van der Waals surface area contributed by atoms with Crippen LogP contribution in [-0.2, 0) is 6.54 Å². The Morgan fingerprint density at radius 2 is 2.11 bits per heavy atom. The molecule has 2 nitrogen and oxygen atoms in total. The van der Waals surface area contributed by atoms with Gasteiger partial charge in [0.2, 0.25) is 0 Å². The van der Waals surface area contributed by atoms with Crippen LogP contribution in [0.5, 0.6) is 5.75 Å². The molecule has 1 N–H and O–H groups in total. The van der Waals surface area contributed by atoms with E-state index in [1.54, 1.807) is 7.11 Å². The Balaban J connectivity index is 1.94. The number of halogens is 1. The second-order valence-corrected chi connectivity index (χ2v) is 5.61. The van der Waals surface area contributed by atoms with Gasteiger partial charge in [0.15, 0.2) is 0 Å². The largest absolute Gasteiger partial charge is 0.496 e. The fourth-order valence-corrected chi connectivity index (χ4v) is 2.98. The topological polar surface area (TPSA) is 21.3 Å². The van der Waals surface area contributed by atoms with E-state index in [0.717, 1.165) is 28.8 Å². The lowest BCUT2D eigenvalue weighted by Crippen LogP contribution is -2.31. The lowest BCUT2D eigenvalue weighted by molar-refractivity contribution is 0.371. The second kappa shape index (κ2) is 6.44. The van der Waals surface area contributed by atoms with Crippen LogP contribution >= 0.6 is 11.6 Å². The van der Waals surface area contributed by atoms with Crippen LogP contribution in [0.25, 0.3) is 0 Å². The number of methoxy groups -OCH3 is 1. The number of hydrogen-bond donors (Lipinski definition) is 1. The van der Waals surface area contributed by atoms with Gasteiger partial charge in [-0.2, -0.15) is 0 Å². The monoisotopic (exact) mass is 267 g/mol. The van der Waals surface area contributed by atoms with Gasteiger partial charge in [-0.25, -0.2) is 0 Å². The normalized spacial score (nSPS) is 17.9. The van der Waals surface area contributed by atoms with E-state index in [-0.39, 0.29) is 0 Å². The molecule has 0 aliphatic heterocycles. The second-order valence-electron chi connectivity index (χ2n) is 5.17. The first-order chi connectivity index (χ1) is 8.70. The fourth-order valence-electron chi connectivity index (χ4n) is 2.78. The van der Waals surface area contributed by atoms with Gasteiger partial charge in [0.05, 0.1) is 7.11 Å². The van der Waals surface area contributed by atoms with Crippen molar-refractivity contribution in [2.75, 3.05) is 7.11 Å². The van der Waals surface area contributed by atoms with Crippen molar-refractivity contribution in [3.8, 4) is 5.75 Å². The molecule has 1 aliphatic rings. The highest BCUT2D eigenvalue weighted by molar-refractivity contribution is 6.30. The van der Waals surface area contributed by atoms with Crippen LogP contribution in [0.1, 0.15) is 38.2 Å². The van der Waals surface area contributed by atoms with E-state index in [0.29, 0.717) is 6.04 Å². The quantitative estimate of drug-likeness (QED) is 0.870. The minimum Gasteiger partial charge on any atom is -0.496 e. The average Bonchev–Trinajstić information content (AvgIpc) is 2.90. The van der Waals surface area contributed by atoms with Gasteiger partial charge in [-0.05, 0) is 43.9 Å². The summed E-state index contributed by atoms with van der Waals surface area (Å²) in [5.41, 5.74) is 1.13. The minimum absolute atomic E-state index is 0.566. The molecule has 0 aromatic heterocycles. The SMILES string of the molecule is COc1ccc(Cl)cc1CNC(C)C1CCCC1. The van der Waals surface area contributed by atoms with Crippen LogP contribution in [0.3, 0.4) is 0 Å². The Morgan fingerprint density at radius 1 is 1.39 bits per heavy atom. The zero-order chi connectivity index (χ0) is 13.0. The maximum atomic E-state index is 6.03. The number of benzene rings is 1.